The average molecular weight is 395 g/mol. The Morgan fingerprint density at radius 1 is 1.24 bits per heavy atom. The molecule has 0 N–H and O–H groups in total. The van der Waals surface area contributed by atoms with Crippen molar-refractivity contribution in [3.8, 4) is 5.88 Å². The van der Waals surface area contributed by atoms with Crippen LogP contribution in [-0.2, 0) is 12.8 Å². The fourth-order valence-corrected chi connectivity index (χ4v) is 4.27. The Labute approximate surface area is 168 Å². The Morgan fingerprint density at radius 2 is 2.07 bits per heavy atom. The lowest BCUT2D eigenvalue weighted by Crippen LogP contribution is -2.40. The van der Waals surface area contributed by atoms with Gasteiger partial charge in [0.05, 0.1) is 18.5 Å². The van der Waals surface area contributed by atoms with Crippen LogP contribution in [0.3, 0.4) is 0 Å². The molecule has 1 fully saturated rings. The van der Waals surface area contributed by atoms with Crippen molar-refractivity contribution in [2.45, 2.75) is 45.4 Å². The number of carbonyl (C=O) groups excluding carboxylic acids is 1. The molecule has 4 heterocycles. The van der Waals surface area contributed by atoms with Crippen LogP contribution < -0.4 is 4.74 Å². The van der Waals surface area contributed by atoms with Crippen LogP contribution in [0.5, 0.6) is 5.88 Å². The molecule has 1 aliphatic carbocycles. The van der Waals surface area contributed by atoms with Crippen LogP contribution in [0.15, 0.2) is 22.9 Å². The predicted molar refractivity (Wildman–Crippen MR) is 105 cm³/mol. The molecule has 0 bridgehead atoms. The van der Waals surface area contributed by atoms with Gasteiger partial charge in [0.1, 0.15) is 5.76 Å². The summed E-state index contributed by atoms with van der Waals surface area (Å²) < 4.78 is 13.1. The van der Waals surface area contributed by atoms with Crippen molar-refractivity contribution in [1.82, 2.24) is 24.7 Å². The molecule has 152 valence electrons. The summed E-state index contributed by atoms with van der Waals surface area (Å²) >= 11 is 0. The Morgan fingerprint density at radius 3 is 2.93 bits per heavy atom. The van der Waals surface area contributed by atoms with Crippen LogP contribution in [0.25, 0.3) is 5.65 Å². The van der Waals surface area contributed by atoms with E-state index in [0.29, 0.717) is 24.1 Å². The van der Waals surface area contributed by atoms with E-state index in [4.69, 9.17) is 9.26 Å². The zero-order valence-corrected chi connectivity index (χ0v) is 16.6. The molecule has 1 aliphatic heterocycles. The fourth-order valence-electron chi connectivity index (χ4n) is 4.27. The molecule has 29 heavy (non-hydrogen) atoms. The summed E-state index contributed by atoms with van der Waals surface area (Å²) in [6.45, 7) is 4.00. The van der Waals surface area contributed by atoms with Gasteiger partial charge < -0.3 is 14.2 Å². The van der Waals surface area contributed by atoms with E-state index in [-0.39, 0.29) is 5.91 Å². The van der Waals surface area contributed by atoms with Crippen molar-refractivity contribution in [2.75, 3.05) is 19.7 Å². The first-order chi connectivity index (χ1) is 14.2. The number of likely N-dealkylation sites (tertiary alicyclic amines) is 1. The minimum Gasteiger partial charge on any atom is -0.476 e. The molecule has 2 aliphatic rings. The number of amides is 1. The molecule has 3 aromatic rings. The lowest BCUT2D eigenvalue weighted by atomic mass is 9.94. The van der Waals surface area contributed by atoms with Crippen LogP contribution in [-0.4, -0.2) is 50.3 Å². The molecule has 0 spiro atoms. The topological polar surface area (TPSA) is 85.8 Å². The highest BCUT2D eigenvalue weighted by Crippen LogP contribution is 2.27. The number of aromatic nitrogens is 4. The molecule has 0 radical (unpaired) electrons. The molecule has 3 aromatic heterocycles. The monoisotopic (exact) mass is 395 g/mol. The third-order valence-corrected chi connectivity index (χ3v) is 5.94. The van der Waals surface area contributed by atoms with Gasteiger partial charge in [-0.3, -0.25) is 4.79 Å². The molecule has 0 aromatic carbocycles. The number of ether oxygens (including phenoxy) is 1. The highest BCUT2D eigenvalue weighted by molar-refractivity contribution is 5.94. The number of aryl methyl sites for hydroxylation is 2. The number of hydrogen-bond donors (Lipinski definition) is 0. The number of rotatable bonds is 4. The summed E-state index contributed by atoms with van der Waals surface area (Å²) in [5, 5.41) is 8.53. The van der Waals surface area contributed by atoms with Crippen molar-refractivity contribution in [3.05, 3.63) is 41.0 Å². The van der Waals surface area contributed by atoms with E-state index in [1.807, 2.05) is 30.2 Å². The summed E-state index contributed by atoms with van der Waals surface area (Å²) in [7, 11) is 0. The standard InChI is InChI=1S/C21H25N5O3/c1-14-12-26-18(22-14)6-7-19(23-26)28-13-15-8-10-25(11-9-15)21(27)20-16-4-2-3-5-17(16)29-24-20/h6-7,12,15H,2-5,8-11,13H2,1H3. The molecule has 8 nitrogen and oxygen atoms in total. The molecule has 0 atom stereocenters. The van der Waals surface area contributed by atoms with E-state index >= 15 is 0 Å². The second kappa shape index (κ2) is 7.50. The Kier molecular flexibility index (Phi) is 4.69. The number of piperidine rings is 1. The van der Waals surface area contributed by atoms with Gasteiger partial charge in [0.2, 0.25) is 5.88 Å². The quantitative estimate of drug-likeness (QED) is 0.675. The maximum Gasteiger partial charge on any atom is 0.276 e. The Balaban J connectivity index is 1.16. The lowest BCUT2D eigenvalue weighted by molar-refractivity contribution is 0.0648. The first-order valence-corrected chi connectivity index (χ1v) is 10.4. The first kappa shape index (κ1) is 18.1. The maximum absolute atomic E-state index is 12.9. The zero-order chi connectivity index (χ0) is 19.8. The smallest absolute Gasteiger partial charge is 0.276 e. The SMILES string of the molecule is Cc1cn2nc(OCC3CCN(C(=O)c4noc5c4CCCC5)CC3)ccc2n1. The molecule has 1 amide bonds. The highest BCUT2D eigenvalue weighted by atomic mass is 16.5. The van der Waals surface area contributed by atoms with Crippen molar-refractivity contribution < 1.29 is 14.1 Å². The Hall–Kier alpha value is -2.90. The molecule has 0 saturated carbocycles. The minimum absolute atomic E-state index is 0.0128. The van der Waals surface area contributed by atoms with Gasteiger partial charge >= 0.3 is 0 Å². The molecule has 8 heteroatoms. The zero-order valence-electron chi connectivity index (χ0n) is 16.6. The van der Waals surface area contributed by atoms with Crippen molar-refractivity contribution in [1.29, 1.82) is 0 Å². The van der Waals surface area contributed by atoms with Crippen molar-refractivity contribution in [3.63, 3.8) is 0 Å². The summed E-state index contributed by atoms with van der Waals surface area (Å²) in [5.74, 6) is 1.93. The molecule has 0 unspecified atom stereocenters. The molecule has 1 saturated heterocycles. The van der Waals surface area contributed by atoms with Gasteiger partial charge in [-0.25, -0.2) is 9.50 Å². The van der Waals surface area contributed by atoms with Crippen LogP contribution in [0, 0.1) is 12.8 Å². The van der Waals surface area contributed by atoms with E-state index in [1.165, 1.54) is 0 Å². The van der Waals surface area contributed by atoms with Gasteiger partial charge in [-0.1, -0.05) is 5.16 Å². The van der Waals surface area contributed by atoms with Crippen LogP contribution in [0.2, 0.25) is 0 Å². The van der Waals surface area contributed by atoms with Crippen molar-refractivity contribution in [2.24, 2.45) is 5.92 Å². The number of fused-ring (bicyclic) bond motifs is 2. The second-order valence-corrected chi connectivity index (χ2v) is 8.04. The molecule has 5 rings (SSSR count). The number of imidazole rings is 1. The highest BCUT2D eigenvalue weighted by Gasteiger charge is 2.30. The van der Waals surface area contributed by atoms with Gasteiger partial charge in [-0.2, -0.15) is 0 Å². The van der Waals surface area contributed by atoms with Crippen LogP contribution in [0.4, 0.5) is 0 Å². The third kappa shape index (κ3) is 3.59. The second-order valence-electron chi connectivity index (χ2n) is 8.04. The normalized spacial score (nSPS) is 17.5. The van der Waals surface area contributed by atoms with E-state index in [1.54, 1.807) is 4.52 Å². The summed E-state index contributed by atoms with van der Waals surface area (Å²) in [6.07, 6.45) is 7.73. The van der Waals surface area contributed by atoms with Gasteiger partial charge in [-0.05, 0) is 51.0 Å². The fraction of sp³-hybridized carbons (Fsp3) is 0.524. The van der Waals surface area contributed by atoms with Gasteiger partial charge in [0.15, 0.2) is 11.3 Å². The van der Waals surface area contributed by atoms with Gasteiger partial charge in [0, 0.05) is 31.1 Å². The average Bonchev–Trinajstić information content (AvgIpc) is 3.34. The van der Waals surface area contributed by atoms with Gasteiger partial charge in [0.25, 0.3) is 5.91 Å². The lowest BCUT2D eigenvalue weighted by Gasteiger charge is -2.31. The number of hydrogen-bond acceptors (Lipinski definition) is 6. The first-order valence-electron chi connectivity index (χ1n) is 10.4. The van der Waals surface area contributed by atoms with E-state index in [0.717, 1.165) is 74.3 Å². The number of carbonyl (C=O) groups is 1. The summed E-state index contributed by atoms with van der Waals surface area (Å²) in [4.78, 5) is 19.2. The largest absolute Gasteiger partial charge is 0.476 e. The molecular weight excluding hydrogens is 370 g/mol. The summed E-state index contributed by atoms with van der Waals surface area (Å²) in [6, 6.07) is 3.77. The third-order valence-electron chi connectivity index (χ3n) is 5.94. The van der Waals surface area contributed by atoms with Crippen LogP contribution >= 0.6 is 0 Å². The van der Waals surface area contributed by atoms with E-state index < -0.39 is 0 Å². The van der Waals surface area contributed by atoms with Crippen molar-refractivity contribution >= 4 is 11.6 Å². The van der Waals surface area contributed by atoms with E-state index in [2.05, 4.69) is 15.2 Å². The van der Waals surface area contributed by atoms with E-state index in [9.17, 15) is 4.79 Å². The predicted octanol–water partition coefficient (Wildman–Crippen LogP) is 2.84. The van der Waals surface area contributed by atoms with Gasteiger partial charge in [-0.15, -0.1) is 5.10 Å². The minimum atomic E-state index is 0.0128. The van der Waals surface area contributed by atoms with Crippen LogP contribution in [0.1, 0.15) is 53.2 Å². The molecular formula is C21H25N5O3. The number of nitrogens with zero attached hydrogens (tertiary/aromatic N) is 5. The summed E-state index contributed by atoms with van der Waals surface area (Å²) in [5.41, 5.74) is 3.31. The Bertz CT molecular complexity index is 1030. The maximum atomic E-state index is 12.9.